The number of pyridine rings is 1. The van der Waals surface area contributed by atoms with Gasteiger partial charge in [0.25, 0.3) is 17.5 Å². The fourth-order valence-corrected chi connectivity index (χ4v) is 2.03. The van der Waals surface area contributed by atoms with Crippen molar-refractivity contribution in [2.45, 2.75) is 0 Å². The Balaban J connectivity index is 1.84. The zero-order valence-electron chi connectivity index (χ0n) is 12.4. The molecule has 2 rings (SSSR count). The van der Waals surface area contributed by atoms with Crippen LogP contribution in [0.15, 0.2) is 42.7 Å². The van der Waals surface area contributed by atoms with Crippen molar-refractivity contribution < 1.29 is 14.5 Å². The maximum absolute atomic E-state index is 11.9. The van der Waals surface area contributed by atoms with E-state index in [0.29, 0.717) is 5.56 Å². The van der Waals surface area contributed by atoms with Gasteiger partial charge in [-0.3, -0.25) is 24.7 Å². The minimum Gasteiger partial charge on any atom is -0.350 e. The molecule has 1 aromatic heterocycles. The van der Waals surface area contributed by atoms with E-state index in [-0.39, 0.29) is 35.3 Å². The van der Waals surface area contributed by atoms with Gasteiger partial charge in [-0.1, -0.05) is 11.6 Å². The van der Waals surface area contributed by atoms with Crippen LogP contribution in [0.25, 0.3) is 0 Å². The molecule has 0 unspecified atom stereocenters. The first kappa shape index (κ1) is 17.4. The van der Waals surface area contributed by atoms with Crippen molar-refractivity contribution in [3.63, 3.8) is 0 Å². The second-order valence-electron chi connectivity index (χ2n) is 4.68. The van der Waals surface area contributed by atoms with Crippen LogP contribution < -0.4 is 10.6 Å². The van der Waals surface area contributed by atoms with Gasteiger partial charge in [-0.15, -0.1) is 0 Å². The van der Waals surface area contributed by atoms with Gasteiger partial charge in [-0.2, -0.15) is 0 Å². The van der Waals surface area contributed by atoms with Crippen LogP contribution in [-0.4, -0.2) is 34.8 Å². The zero-order chi connectivity index (χ0) is 17.5. The molecule has 0 radical (unpaired) electrons. The third-order valence-corrected chi connectivity index (χ3v) is 3.34. The number of amides is 2. The molecule has 0 spiro atoms. The monoisotopic (exact) mass is 348 g/mol. The van der Waals surface area contributed by atoms with E-state index in [9.17, 15) is 19.7 Å². The minimum atomic E-state index is -0.659. The summed E-state index contributed by atoms with van der Waals surface area (Å²) in [6, 6.07) is 7.04. The lowest BCUT2D eigenvalue weighted by atomic mass is 10.2. The molecule has 2 N–H and O–H groups in total. The molecule has 8 nitrogen and oxygen atoms in total. The van der Waals surface area contributed by atoms with Crippen LogP contribution in [0, 0.1) is 10.1 Å². The molecule has 0 aliphatic rings. The number of nitrogens with one attached hydrogen (secondary N) is 2. The zero-order valence-corrected chi connectivity index (χ0v) is 13.1. The maximum atomic E-state index is 11.9. The summed E-state index contributed by atoms with van der Waals surface area (Å²) in [5.41, 5.74) is 0.191. The van der Waals surface area contributed by atoms with Crippen molar-refractivity contribution in [3.8, 4) is 0 Å². The number of hydrogen-bond acceptors (Lipinski definition) is 5. The molecule has 0 aliphatic heterocycles. The molecular formula is C15H13ClN4O4. The summed E-state index contributed by atoms with van der Waals surface area (Å²) < 4.78 is 0. The highest BCUT2D eigenvalue weighted by atomic mass is 35.5. The van der Waals surface area contributed by atoms with Crippen LogP contribution in [0.1, 0.15) is 20.7 Å². The molecule has 0 fully saturated rings. The molecule has 1 heterocycles. The summed E-state index contributed by atoms with van der Waals surface area (Å²) in [7, 11) is 0. The van der Waals surface area contributed by atoms with Crippen LogP contribution in [0.3, 0.4) is 0 Å². The number of aromatic nitrogens is 1. The lowest BCUT2D eigenvalue weighted by Crippen LogP contribution is -2.34. The predicted octanol–water partition coefficient (Wildman–Crippen LogP) is 1.80. The topological polar surface area (TPSA) is 114 Å². The van der Waals surface area contributed by atoms with E-state index in [2.05, 4.69) is 15.6 Å². The van der Waals surface area contributed by atoms with Gasteiger partial charge >= 0.3 is 0 Å². The standard InChI is InChI=1S/C15H13ClN4O4/c16-12-4-3-10(8-13(12)20(23)24)14(21)18-6-7-19-15(22)11-2-1-5-17-9-11/h1-5,8-9H,6-7H2,(H,18,21)(H,19,22). The Labute approximate surface area is 142 Å². The van der Waals surface area contributed by atoms with Crippen molar-refractivity contribution >= 4 is 29.1 Å². The molecule has 0 saturated carbocycles. The van der Waals surface area contributed by atoms with Crippen molar-refractivity contribution in [3.05, 3.63) is 69.0 Å². The second kappa shape index (κ2) is 8.02. The van der Waals surface area contributed by atoms with Gasteiger partial charge in [-0.25, -0.2) is 0 Å². The number of nitrogens with zero attached hydrogens (tertiary/aromatic N) is 2. The van der Waals surface area contributed by atoms with E-state index in [1.54, 1.807) is 18.3 Å². The summed E-state index contributed by atoms with van der Waals surface area (Å²) in [6.07, 6.45) is 2.99. The number of hydrogen-bond donors (Lipinski definition) is 2. The average Bonchev–Trinajstić information content (AvgIpc) is 2.59. The first-order valence-electron chi connectivity index (χ1n) is 6.89. The molecule has 0 atom stereocenters. The highest BCUT2D eigenvalue weighted by Gasteiger charge is 2.16. The largest absolute Gasteiger partial charge is 0.350 e. The van der Waals surface area contributed by atoms with Gasteiger partial charge in [-0.05, 0) is 24.3 Å². The predicted molar refractivity (Wildman–Crippen MR) is 87.0 cm³/mol. The molecule has 0 bridgehead atoms. The maximum Gasteiger partial charge on any atom is 0.288 e. The Bertz CT molecular complexity index is 767. The normalized spacial score (nSPS) is 10.0. The van der Waals surface area contributed by atoms with E-state index >= 15 is 0 Å². The highest BCUT2D eigenvalue weighted by molar-refractivity contribution is 6.32. The molecule has 1 aromatic carbocycles. The number of rotatable bonds is 6. The summed E-state index contributed by atoms with van der Waals surface area (Å²) in [6.45, 7) is 0.371. The van der Waals surface area contributed by atoms with Crippen molar-refractivity contribution in [1.29, 1.82) is 0 Å². The average molecular weight is 349 g/mol. The number of carbonyl (C=O) groups excluding carboxylic acids is 2. The van der Waals surface area contributed by atoms with Crippen LogP contribution >= 0.6 is 11.6 Å². The summed E-state index contributed by atoms with van der Waals surface area (Å²) in [4.78, 5) is 37.7. The lowest BCUT2D eigenvalue weighted by Gasteiger charge is -2.07. The van der Waals surface area contributed by atoms with Gasteiger partial charge in [0.15, 0.2) is 0 Å². The van der Waals surface area contributed by atoms with Gasteiger partial charge in [0.05, 0.1) is 10.5 Å². The van der Waals surface area contributed by atoms with Crippen molar-refractivity contribution in [2.75, 3.05) is 13.1 Å². The van der Waals surface area contributed by atoms with E-state index in [0.717, 1.165) is 6.07 Å². The molecule has 124 valence electrons. The second-order valence-corrected chi connectivity index (χ2v) is 5.08. The van der Waals surface area contributed by atoms with Crippen LogP contribution in [0.2, 0.25) is 5.02 Å². The smallest absolute Gasteiger partial charge is 0.288 e. The first-order chi connectivity index (χ1) is 11.5. The fourth-order valence-electron chi connectivity index (χ4n) is 1.85. The molecular weight excluding hydrogens is 336 g/mol. The third-order valence-electron chi connectivity index (χ3n) is 3.02. The van der Waals surface area contributed by atoms with E-state index in [4.69, 9.17) is 11.6 Å². The Morgan fingerprint density at radius 3 is 2.38 bits per heavy atom. The number of halogens is 1. The van der Waals surface area contributed by atoms with E-state index in [1.807, 2.05) is 0 Å². The lowest BCUT2D eigenvalue weighted by molar-refractivity contribution is -0.384. The van der Waals surface area contributed by atoms with Crippen LogP contribution in [0.4, 0.5) is 5.69 Å². The minimum absolute atomic E-state index is 0.0414. The number of nitro groups is 1. The molecule has 2 aromatic rings. The number of carbonyl (C=O) groups is 2. The van der Waals surface area contributed by atoms with Crippen molar-refractivity contribution in [2.24, 2.45) is 0 Å². The van der Waals surface area contributed by atoms with Crippen molar-refractivity contribution in [1.82, 2.24) is 15.6 Å². The van der Waals surface area contributed by atoms with Gasteiger partial charge in [0, 0.05) is 37.1 Å². The number of benzene rings is 1. The number of nitro benzene ring substituents is 1. The molecule has 24 heavy (non-hydrogen) atoms. The Morgan fingerprint density at radius 1 is 1.12 bits per heavy atom. The van der Waals surface area contributed by atoms with Gasteiger partial charge < -0.3 is 10.6 Å². The Hall–Kier alpha value is -3.00. The highest BCUT2D eigenvalue weighted by Crippen LogP contribution is 2.24. The fraction of sp³-hybridized carbons (Fsp3) is 0.133. The van der Waals surface area contributed by atoms with Crippen LogP contribution in [0.5, 0.6) is 0 Å². The quantitative estimate of drug-likeness (QED) is 0.469. The van der Waals surface area contributed by atoms with Crippen LogP contribution in [-0.2, 0) is 0 Å². The molecule has 9 heteroatoms. The summed E-state index contributed by atoms with van der Waals surface area (Å²) in [5.74, 6) is -0.801. The Kier molecular flexibility index (Phi) is 5.80. The molecule has 0 saturated heterocycles. The first-order valence-corrected chi connectivity index (χ1v) is 7.27. The summed E-state index contributed by atoms with van der Waals surface area (Å²) >= 11 is 5.69. The summed E-state index contributed by atoms with van der Waals surface area (Å²) in [5, 5.41) is 15.9. The van der Waals surface area contributed by atoms with Gasteiger partial charge in [0.2, 0.25) is 0 Å². The van der Waals surface area contributed by atoms with E-state index in [1.165, 1.54) is 18.3 Å². The Morgan fingerprint density at radius 2 is 1.79 bits per heavy atom. The molecule has 0 aliphatic carbocycles. The van der Waals surface area contributed by atoms with Gasteiger partial charge in [0.1, 0.15) is 5.02 Å². The third kappa shape index (κ3) is 4.50. The molecule has 2 amide bonds. The SMILES string of the molecule is O=C(NCCNC(=O)c1ccc(Cl)c([N+](=O)[O-])c1)c1cccnc1. The van der Waals surface area contributed by atoms with E-state index < -0.39 is 10.8 Å².